The van der Waals surface area contributed by atoms with Gasteiger partial charge >= 0.3 is 0 Å². The Bertz CT molecular complexity index is 1240. The number of thiophene rings is 1. The molecule has 1 aliphatic heterocycles. The van der Waals surface area contributed by atoms with Gasteiger partial charge in [-0.15, -0.1) is 11.3 Å². The Morgan fingerprint density at radius 2 is 2.23 bits per heavy atom. The molecule has 2 aliphatic rings. The van der Waals surface area contributed by atoms with Crippen LogP contribution in [0.2, 0.25) is 0 Å². The summed E-state index contributed by atoms with van der Waals surface area (Å²) in [5, 5.41) is 4.05. The molecule has 5 heterocycles. The van der Waals surface area contributed by atoms with Crippen LogP contribution < -0.4 is 10.1 Å². The van der Waals surface area contributed by atoms with Gasteiger partial charge in [-0.3, -0.25) is 9.78 Å². The molecule has 2 fully saturated rings. The van der Waals surface area contributed by atoms with Gasteiger partial charge in [-0.2, -0.15) is 0 Å². The fourth-order valence-corrected chi connectivity index (χ4v) is 5.10. The van der Waals surface area contributed by atoms with Crippen molar-refractivity contribution in [1.82, 2.24) is 24.8 Å². The van der Waals surface area contributed by atoms with Crippen molar-refractivity contribution in [3.63, 3.8) is 0 Å². The molecule has 0 spiro atoms. The van der Waals surface area contributed by atoms with Crippen molar-refractivity contribution in [2.45, 2.75) is 38.3 Å². The lowest BCUT2D eigenvalue weighted by Gasteiger charge is -2.20. The highest BCUT2D eigenvalue weighted by atomic mass is 32.1. The first-order valence-corrected chi connectivity index (χ1v) is 11.1. The Morgan fingerprint density at radius 3 is 3.00 bits per heavy atom. The quantitative estimate of drug-likeness (QED) is 0.530. The molecule has 30 heavy (non-hydrogen) atoms. The average molecular weight is 420 g/mol. The number of nitrogens with zero attached hydrogens (tertiary/aromatic N) is 4. The van der Waals surface area contributed by atoms with Crippen molar-refractivity contribution in [2.75, 3.05) is 6.54 Å². The molecule has 152 valence electrons. The number of hydrogen-bond acceptors (Lipinski definition) is 6. The van der Waals surface area contributed by atoms with E-state index in [1.165, 1.54) is 0 Å². The number of pyridine rings is 2. The molecule has 1 saturated heterocycles. The van der Waals surface area contributed by atoms with E-state index in [2.05, 4.69) is 25.9 Å². The number of carbonyl (C=O) groups excluding carboxylic acids is 1. The van der Waals surface area contributed by atoms with E-state index in [1.807, 2.05) is 31.6 Å². The van der Waals surface area contributed by atoms with Crippen molar-refractivity contribution in [2.24, 2.45) is 5.92 Å². The standard InChI is InChI=1S/C22H21N5O2S/c1-12(14-7-20(28)24-9-14)29-22-21-17(25-11-27(21)15-2-3-15)8-16(26-22)18-6-13-4-5-23-10-19(13)30-18/h4-6,8,10-12,14-15H,2-3,7,9H2,1H3,(H,24,28). The average Bonchev–Trinajstić information content (AvgIpc) is 3.15. The highest BCUT2D eigenvalue weighted by Crippen LogP contribution is 2.41. The zero-order chi connectivity index (χ0) is 20.2. The van der Waals surface area contributed by atoms with Crippen molar-refractivity contribution in [1.29, 1.82) is 0 Å². The maximum atomic E-state index is 11.7. The minimum atomic E-state index is -0.121. The number of imidazole rings is 1. The molecule has 0 aromatic carbocycles. The topological polar surface area (TPSA) is 81.9 Å². The fourth-order valence-electron chi connectivity index (χ4n) is 4.11. The molecule has 4 aromatic heterocycles. The second-order valence-electron chi connectivity index (χ2n) is 8.18. The largest absolute Gasteiger partial charge is 0.473 e. The summed E-state index contributed by atoms with van der Waals surface area (Å²) in [6.07, 6.45) is 8.28. The number of carbonyl (C=O) groups is 1. The zero-order valence-corrected chi connectivity index (χ0v) is 17.4. The van der Waals surface area contributed by atoms with Crippen LogP contribution in [0.25, 0.3) is 31.7 Å². The number of aromatic nitrogens is 4. The molecule has 4 aromatic rings. The molecule has 1 saturated carbocycles. The number of nitrogens with one attached hydrogen (secondary N) is 1. The normalized spacial score (nSPS) is 20.0. The maximum Gasteiger partial charge on any atom is 0.241 e. The first kappa shape index (κ1) is 17.8. The lowest BCUT2D eigenvalue weighted by Crippen LogP contribution is -2.26. The molecule has 0 bridgehead atoms. The van der Waals surface area contributed by atoms with E-state index in [1.54, 1.807) is 17.5 Å². The molecule has 1 N–H and O–H groups in total. The van der Waals surface area contributed by atoms with Gasteiger partial charge in [0.25, 0.3) is 0 Å². The third-order valence-corrected chi connectivity index (χ3v) is 7.11. The second-order valence-corrected chi connectivity index (χ2v) is 9.26. The summed E-state index contributed by atoms with van der Waals surface area (Å²) >= 11 is 1.67. The maximum absolute atomic E-state index is 11.7. The van der Waals surface area contributed by atoms with Crippen LogP contribution in [0.5, 0.6) is 5.88 Å². The van der Waals surface area contributed by atoms with Crippen LogP contribution >= 0.6 is 11.3 Å². The fraction of sp³-hybridized carbons (Fsp3) is 0.364. The van der Waals surface area contributed by atoms with Gasteiger partial charge in [-0.1, -0.05) is 0 Å². The van der Waals surface area contributed by atoms with Crippen LogP contribution in [-0.4, -0.2) is 38.1 Å². The van der Waals surface area contributed by atoms with Crippen molar-refractivity contribution in [3.05, 3.63) is 36.9 Å². The molecule has 7 nitrogen and oxygen atoms in total. The molecule has 6 rings (SSSR count). The van der Waals surface area contributed by atoms with Gasteiger partial charge in [-0.25, -0.2) is 9.97 Å². The zero-order valence-electron chi connectivity index (χ0n) is 16.5. The third kappa shape index (κ3) is 3.02. The lowest BCUT2D eigenvalue weighted by molar-refractivity contribution is -0.119. The molecular formula is C22H21N5O2S. The summed E-state index contributed by atoms with van der Waals surface area (Å²) in [5.41, 5.74) is 2.70. The first-order chi connectivity index (χ1) is 14.7. The Labute approximate surface area is 177 Å². The van der Waals surface area contributed by atoms with Crippen LogP contribution in [0.1, 0.15) is 32.2 Å². The lowest BCUT2D eigenvalue weighted by atomic mass is 10.0. The van der Waals surface area contributed by atoms with Gasteiger partial charge in [0, 0.05) is 37.3 Å². The van der Waals surface area contributed by atoms with Gasteiger partial charge in [0.05, 0.1) is 27.1 Å². The smallest absolute Gasteiger partial charge is 0.241 e. The monoisotopic (exact) mass is 419 g/mol. The summed E-state index contributed by atoms with van der Waals surface area (Å²) in [6, 6.07) is 6.68. The van der Waals surface area contributed by atoms with E-state index in [4.69, 9.17) is 9.72 Å². The Morgan fingerprint density at radius 1 is 1.33 bits per heavy atom. The van der Waals surface area contributed by atoms with Gasteiger partial charge in [0.2, 0.25) is 11.8 Å². The Kier molecular flexibility index (Phi) is 4.02. The van der Waals surface area contributed by atoms with Crippen LogP contribution in [-0.2, 0) is 4.79 Å². The third-order valence-electron chi connectivity index (χ3n) is 6.01. The first-order valence-electron chi connectivity index (χ1n) is 10.3. The highest BCUT2D eigenvalue weighted by Gasteiger charge is 2.31. The number of fused-ring (bicyclic) bond motifs is 2. The van der Waals surface area contributed by atoms with E-state index in [9.17, 15) is 4.79 Å². The molecule has 1 amide bonds. The van der Waals surface area contributed by atoms with Gasteiger partial charge in [0.1, 0.15) is 11.6 Å². The van der Waals surface area contributed by atoms with Gasteiger partial charge in [0.15, 0.2) is 0 Å². The van der Waals surface area contributed by atoms with E-state index in [0.717, 1.165) is 44.5 Å². The number of hydrogen-bond donors (Lipinski definition) is 1. The Balaban J connectivity index is 1.44. The van der Waals surface area contributed by atoms with E-state index >= 15 is 0 Å². The number of ether oxygens (including phenoxy) is 1. The SMILES string of the molecule is CC(Oc1nc(-c2cc3ccncc3s2)cc2ncn(C3CC3)c12)C1CNC(=O)C1. The summed E-state index contributed by atoms with van der Waals surface area (Å²) in [6.45, 7) is 2.67. The van der Waals surface area contributed by atoms with Crippen molar-refractivity contribution >= 4 is 38.4 Å². The van der Waals surface area contributed by atoms with Crippen molar-refractivity contribution in [3.8, 4) is 16.5 Å². The summed E-state index contributed by atoms with van der Waals surface area (Å²) in [4.78, 5) is 26.6. The number of rotatable bonds is 5. The van der Waals surface area contributed by atoms with Crippen LogP contribution in [0.4, 0.5) is 0 Å². The minimum Gasteiger partial charge on any atom is -0.473 e. The van der Waals surface area contributed by atoms with Crippen LogP contribution in [0.3, 0.4) is 0 Å². The minimum absolute atomic E-state index is 0.0872. The number of amides is 1. The summed E-state index contributed by atoms with van der Waals surface area (Å²) < 4.78 is 9.73. The van der Waals surface area contributed by atoms with E-state index < -0.39 is 0 Å². The van der Waals surface area contributed by atoms with Gasteiger partial charge < -0.3 is 14.6 Å². The van der Waals surface area contributed by atoms with Crippen molar-refractivity contribution < 1.29 is 9.53 Å². The molecule has 2 atom stereocenters. The predicted molar refractivity (Wildman–Crippen MR) is 116 cm³/mol. The summed E-state index contributed by atoms with van der Waals surface area (Å²) in [5.74, 6) is 0.837. The van der Waals surface area contributed by atoms with Crippen LogP contribution in [0, 0.1) is 5.92 Å². The van der Waals surface area contributed by atoms with E-state index in [-0.39, 0.29) is 17.9 Å². The van der Waals surface area contributed by atoms with Gasteiger partial charge in [-0.05, 0) is 43.4 Å². The molecule has 1 aliphatic carbocycles. The highest BCUT2D eigenvalue weighted by molar-refractivity contribution is 7.22. The molecule has 8 heteroatoms. The predicted octanol–water partition coefficient (Wildman–Crippen LogP) is 3.95. The molecular weight excluding hydrogens is 398 g/mol. The van der Waals surface area contributed by atoms with E-state index in [0.29, 0.717) is 24.9 Å². The molecule has 0 radical (unpaired) electrons. The second kappa shape index (κ2) is 6.77. The summed E-state index contributed by atoms with van der Waals surface area (Å²) in [7, 11) is 0. The molecule has 2 unspecified atom stereocenters. The Hall–Kier alpha value is -3.00. The van der Waals surface area contributed by atoms with Crippen LogP contribution in [0.15, 0.2) is 36.9 Å².